The third kappa shape index (κ3) is 5.35. The summed E-state index contributed by atoms with van der Waals surface area (Å²) in [5.41, 5.74) is 1.53. The third-order valence-corrected chi connectivity index (χ3v) is 7.60. The molecule has 2 heterocycles. The minimum Gasteiger partial charge on any atom is -0.496 e. The Kier molecular flexibility index (Phi) is 6.96. The van der Waals surface area contributed by atoms with E-state index < -0.39 is 15.8 Å². The first kappa shape index (κ1) is 23.2. The topological polar surface area (TPSA) is 84.9 Å². The molecular formula is C23H23FN2O5S2. The Morgan fingerprint density at radius 2 is 1.88 bits per heavy atom. The Balaban J connectivity index is 1.50. The number of carbonyl (C=O) groups excluding carboxylic acids is 1. The van der Waals surface area contributed by atoms with E-state index in [1.54, 1.807) is 28.5 Å². The Hall–Kier alpha value is -2.95. The van der Waals surface area contributed by atoms with Crippen LogP contribution in [0.3, 0.4) is 0 Å². The molecule has 1 saturated heterocycles. The van der Waals surface area contributed by atoms with Crippen LogP contribution < -0.4 is 9.46 Å². The van der Waals surface area contributed by atoms with Crippen LogP contribution in [-0.2, 0) is 26.0 Å². The van der Waals surface area contributed by atoms with Crippen LogP contribution in [0, 0.1) is 5.82 Å². The van der Waals surface area contributed by atoms with Crippen molar-refractivity contribution in [3.8, 4) is 16.9 Å². The summed E-state index contributed by atoms with van der Waals surface area (Å²) in [5.74, 6) is 0.00773. The zero-order chi connectivity index (χ0) is 23.4. The third-order valence-electron chi connectivity index (χ3n) is 5.30. The maximum absolute atomic E-state index is 13.7. The van der Waals surface area contributed by atoms with Gasteiger partial charge < -0.3 is 14.4 Å². The average Bonchev–Trinajstić information content (AvgIpc) is 3.25. The molecule has 3 aromatic rings. The van der Waals surface area contributed by atoms with Gasteiger partial charge in [-0.05, 0) is 47.3 Å². The number of methoxy groups -OCH3 is 1. The molecule has 0 saturated carbocycles. The van der Waals surface area contributed by atoms with Gasteiger partial charge in [-0.1, -0.05) is 12.1 Å². The number of benzene rings is 2. The predicted molar refractivity (Wildman–Crippen MR) is 125 cm³/mol. The summed E-state index contributed by atoms with van der Waals surface area (Å²) >= 11 is 1.33. The molecule has 2 aromatic carbocycles. The van der Waals surface area contributed by atoms with Gasteiger partial charge in [0.05, 0.1) is 37.3 Å². The summed E-state index contributed by atoms with van der Waals surface area (Å²) < 4.78 is 52.8. The number of sulfonamides is 1. The summed E-state index contributed by atoms with van der Waals surface area (Å²) in [7, 11) is -2.39. The molecule has 4 rings (SSSR count). The van der Waals surface area contributed by atoms with Crippen molar-refractivity contribution < 1.29 is 27.1 Å². The van der Waals surface area contributed by atoms with Crippen LogP contribution in [0.5, 0.6) is 5.75 Å². The molecule has 174 valence electrons. The number of amides is 1. The van der Waals surface area contributed by atoms with Crippen LogP contribution >= 0.6 is 11.3 Å². The van der Waals surface area contributed by atoms with Gasteiger partial charge in [-0.3, -0.25) is 9.52 Å². The van der Waals surface area contributed by atoms with E-state index in [0.29, 0.717) is 53.7 Å². The zero-order valence-electron chi connectivity index (χ0n) is 17.9. The monoisotopic (exact) mass is 490 g/mol. The second-order valence-electron chi connectivity index (χ2n) is 7.40. The zero-order valence-corrected chi connectivity index (χ0v) is 19.5. The van der Waals surface area contributed by atoms with Crippen molar-refractivity contribution in [3.63, 3.8) is 0 Å². The second-order valence-corrected chi connectivity index (χ2v) is 10.1. The van der Waals surface area contributed by atoms with E-state index in [4.69, 9.17) is 9.47 Å². The fourth-order valence-electron chi connectivity index (χ4n) is 3.55. The first-order valence-corrected chi connectivity index (χ1v) is 12.6. The Bertz CT molecular complexity index is 1240. The molecule has 1 aliphatic heterocycles. The molecule has 0 spiro atoms. The van der Waals surface area contributed by atoms with E-state index in [-0.39, 0.29) is 17.2 Å². The van der Waals surface area contributed by atoms with Crippen molar-refractivity contribution in [2.75, 3.05) is 38.1 Å². The van der Waals surface area contributed by atoms with Gasteiger partial charge in [-0.15, -0.1) is 11.3 Å². The molecule has 0 atom stereocenters. The molecule has 10 heteroatoms. The van der Waals surface area contributed by atoms with Gasteiger partial charge in [0.1, 0.15) is 11.6 Å². The van der Waals surface area contributed by atoms with E-state index in [9.17, 15) is 17.6 Å². The number of anilines is 1. The summed E-state index contributed by atoms with van der Waals surface area (Å²) in [4.78, 5) is 15.0. The summed E-state index contributed by atoms with van der Waals surface area (Å²) in [6.07, 6.45) is 0.119. The van der Waals surface area contributed by atoms with Crippen molar-refractivity contribution >= 4 is 33.0 Å². The van der Waals surface area contributed by atoms with Gasteiger partial charge in [0.15, 0.2) is 0 Å². The number of thiophene rings is 1. The minimum absolute atomic E-state index is 0.0540. The van der Waals surface area contributed by atoms with E-state index in [1.165, 1.54) is 48.8 Å². The Morgan fingerprint density at radius 3 is 2.58 bits per heavy atom. The molecule has 0 radical (unpaired) electrons. The molecule has 33 heavy (non-hydrogen) atoms. The number of hydrogen-bond donors (Lipinski definition) is 1. The lowest BCUT2D eigenvalue weighted by Crippen LogP contribution is -2.41. The second kappa shape index (κ2) is 9.90. The largest absolute Gasteiger partial charge is 0.496 e. The lowest BCUT2D eigenvalue weighted by molar-refractivity contribution is -0.134. The van der Waals surface area contributed by atoms with E-state index in [2.05, 4.69) is 4.72 Å². The number of carbonyl (C=O) groups is 1. The highest BCUT2D eigenvalue weighted by Crippen LogP contribution is 2.32. The maximum Gasteiger partial charge on any atom is 0.261 e. The number of nitrogens with one attached hydrogen (secondary N) is 1. The van der Waals surface area contributed by atoms with Gasteiger partial charge in [0, 0.05) is 23.5 Å². The fraction of sp³-hybridized carbons (Fsp3) is 0.261. The smallest absolute Gasteiger partial charge is 0.261 e. The molecule has 7 nitrogen and oxygen atoms in total. The molecule has 1 N–H and O–H groups in total. The normalized spacial score (nSPS) is 14.2. The number of rotatable bonds is 7. The van der Waals surface area contributed by atoms with Crippen LogP contribution in [0.25, 0.3) is 11.1 Å². The SMILES string of the molecule is COc1ccc(F)cc1-c1ccc(S(=O)(=O)Nc2ccsc2CC(=O)N2CCOCC2)cc1. The van der Waals surface area contributed by atoms with Gasteiger partial charge in [0.2, 0.25) is 5.91 Å². The Morgan fingerprint density at radius 1 is 1.15 bits per heavy atom. The van der Waals surface area contributed by atoms with E-state index >= 15 is 0 Å². The molecule has 0 bridgehead atoms. The van der Waals surface area contributed by atoms with Crippen LogP contribution in [0.15, 0.2) is 58.8 Å². The molecule has 1 amide bonds. The molecular weight excluding hydrogens is 467 g/mol. The summed E-state index contributed by atoms with van der Waals surface area (Å²) in [5, 5.41) is 1.75. The molecule has 1 aromatic heterocycles. The number of hydrogen-bond acceptors (Lipinski definition) is 6. The molecule has 0 unspecified atom stereocenters. The number of nitrogens with zero attached hydrogens (tertiary/aromatic N) is 1. The first-order valence-electron chi connectivity index (χ1n) is 10.3. The standard InChI is InChI=1S/C23H23FN2O5S2/c1-30-21-7-4-17(24)14-19(21)16-2-5-18(6-3-16)33(28,29)25-20-8-13-32-22(20)15-23(27)26-9-11-31-12-10-26/h2-8,13-14,25H,9-12,15H2,1H3. The molecule has 1 aliphatic rings. The predicted octanol–water partition coefficient (Wildman–Crippen LogP) is 3.76. The fourth-order valence-corrected chi connectivity index (χ4v) is 5.53. The lowest BCUT2D eigenvalue weighted by atomic mass is 10.0. The minimum atomic E-state index is -3.88. The van der Waals surface area contributed by atoms with Crippen LogP contribution in [-0.4, -0.2) is 52.6 Å². The van der Waals surface area contributed by atoms with Gasteiger partial charge in [-0.25, -0.2) is 12.8 Å². The quantitative estimate of drug-likeness (QED) is 0.545. The lowest BCUT2D eigenvalue weighted by Gasteiger charge is -2.26. The van der Waals surface area contributed by atoms with Crippen molar-refractivity contribution in [2.45, 2.75) is 11.3 Å². The number of morpholine rings is 1. The van der Waals surface area contributed by atoms with Gasteiger partial charge >= 0.3 is 0 Å². The average molecular weight is 491 g/mol. The summed E-state index contributed by atoms with van der Waals surface area (Å²) in [6.45, 7) is 2.09. The molecule has 0 aliphatic carbocycles. The first-order chi connectivity index (χ1) is 15.9. The van der Waals surface area contributed by atoms with E-state index in [0.717, 1.165) is 0 Å². The van der Waals surface area contributed by atoms with Crippen molar-refractivity contribution in [2.24, 2.45) is 0 Å². The van der Waals surface area contributed by atoms with Crippen molar-refractivity contribution in [1.29, 1.82) is 0 Å². The van der Waals surface area contributed by atoms with Crippen molar-refractivity contribution in [3.05, 3.63) is 64.6 Å². The summed E-state index contributed by atoms with van der Waals surface area (Å²) in [6, 6.07) is 11.9. The maximum atomic E-state index is 13.7. The highest BCUT2D eigenvalue weighted by molar-refractivity contribution is 7.92. The van der Waals surface area contributed by atoms with Gasteiger partial charge in [-0.2, -0.15) is 0 Å². The molecule has 1 fully saturated rings. The highest BCUT2D eigenvalue weighted by atomic mass is 32.2. The Labute approximate surface area is 195 Å². The van der Waals surface area contributed by atoms with Gasteiger partial charge in [0.25, 0.3) is 10.0 Å². The van der Waals surface area contributed by atoms with E-state index in [1.807, 2.05) is 0 Å². The highest BCUT2D eigenvalue weighted by Gasteiger charge is 2.22. The number of ether oxygens (including phenoxy) is 2. The number of halogens is 1. The van der Waals surface area contributed by atoms with Crippen LogP contribution in [0.1, 0.15) is 4.88 Å². The van der Waals surface area contributed by atoms with Crippen LogP contribution in [0.4, 0.5) is 10.1 Å². The van der Waals surface area contributed by atoms with Crippen LogP contribution in [0.2, 0.25) is 0 Å². The van der Waals surface area contributed by atoms with Crippen molar-refractivity contribution in [1.82, 2.24) is 4.90 Å².